The molecule has 0 fully saturated rings. The number of halogens is 1. The van der Waals surface area contributed by atoms with Crippen molar-refractivity contribution >= 4 is 22.1 Å². The minimum atomic E-state index is 0.336. The Morgan fingerprint density at radius 2 is 2.25 bits per heavy atom. The molecule has 2 heteroatoms. The van der Waals surface area contributed by atoms with E-state index in [9.17, 15) is 0 Å². The molecule has 0 spiro atoms. The highest BCUT2D eigenvalue weighted by molar-refractivity contribution is 9.09. The zero-order valence-corrected chi connectivity index (χ0v) is 6.98. The van der Waals surface area contributed by atoms with Gasteiger partial charge in [0.05, 0.1) is 0 Å². The van der Waals surface area contributed by atoms with Crippen LogP contribution in [0.4, 0.5) is 0 Å². The topological polar surface area (TPSA) is 12.4 Å². The van der Waals surface area contributed by atoms with Gasteiger partial charge in [-0.1, -0.05) is 29.8 Å². The fraction of sp³-hybridized carbons (Fsp3) is 0.833. The van der Waals surface area contributed by atoms with Crippen LogP contribution in [-0.2, 0) is 0 Å². The number of hydrogen-bond acceptors (Lipinski definition) is 1. The third-order valence-corrected chi connectivity index (χ3v) is 1.67. The molecule has 1 atom stereocenters. The number of rotatable bonds is 3. The predicted octanol–water partition coefficient (Wildman–Crippen LogP) is 2.60. The van der Waals surface area contributed by atoms with Crippen molar-refractivity contribution in [1.82, 2.24) is 0 Å². The average Bonchev–Trinajstić information content (AvgIpc) is 1.83. The number of aliphatic imine (C=N–C) groups is 1. The molecular formula is C6H12BrN. The molecule has 0 aromatic rings. The minimum Gasteiger partial charge on any atom is -0.283 e. The average molecular weight is 178 g/mol. The van der Waals surface area contributed by atoms with Gasteiger partial charge in [-0.2, -0.15) is 0 Å². The smallest absolute Gasteiger partial charge is 0.104 e. The van der Waals surface area contributed by atoms with E-state index in [1.165, 1.54) is 0 Å². The van der Waals surface area contributed by atoms with Gasteiger partial charge in [-0.05, 0) is 19.1 Å². The molecule has 1 unspecified atom stereocenters. The van der Waals surface area contributed by atoms with Crippen molar-refractivity contribution in [2.45, 2.75) is 31.6 Å². The predicted molar refractivity (Wildman–Crippen MR) is 41.8 cm³/mol. The van der Waals surface area contributed by atoms with Gasteiger partial charge >= 0.3 is 0 Å². The lowest BCUT2D eigenvalue weighted by molar-refractivity contribution is 0.885. The molecule has 0 saturated carbocycles. The van der Waals surface area contributed by atoms with Crippen LogP contribution in [0.5, 0.6) is 0 Å². The summed E-state index contributed by atoms with van der Waals surface area (Å²) in [5, 5.41) is 0. The van der Waals surface area contributed by atoms with Crippen LogP contribution in [0.1, 0.15) is 26.7 Å². The van der Waals surface area contributed by atoms with Gasteiger partial charge in [0.15, 0.2) is 0 Å². The highest BCUT2D eigenvalue weighted by Crippen LogP contribution is 2.03. The van der Waals surface area contributed by atoms with Crippen molar-refractivity contribution in [3.05, 3.63) is 0 Å². The molecule has 48 valence electrons. The van der Waals surface area contributed by atoms with Crippen molar-refractivity contribution in [2.24, 2.45) is 4.99 Å². The fourth-order valence-electron chi connectivity index (χ4n) is 0.325. The molecule has 0 bridgehead atoms. The summed E-state index contributed by atoms with van der Waals surface area (Å²) in [5.41, 5.74) is 0. The number of hydrogen-bond donors (Lipinski definition) is 0. The lowest BCUT2D eigenvalue weighted by Crippen LogP contribution is -1.88. The van der Waals surface area contributed by atoms with Gasteiger partial charge in [0.1, 0.15) is 4.95 Å². The second-order valence-electron chi connectivity index (χ2n) is 1.58. The van der Waals surface area contributed by atoms with E-state index in [-0.39, 0.29) is 0 Å². The summed E-state index contributed by atoms with van der Waals surface area (Å²) in [6.07, 6.45) is 4.03. The van der Waals surface area contributed by atoms with E-state index in [0.29, 0.717) is 4.95 Å². The van der Waals surface area contributed by atoms with E-state index in [1.807, 2.05) is 6.21 Å². The van der Waals surface area contributed by atoms with Crippen LogP contribution >= 0.6 is 15.9 Å². The van der Waals surface area contributed by atoms with Gasteiger partial charge in [0.2, 0.25) is 0 Å². The van der Waals surface area contributed by atoms with Crippen LogP contribution in [0.2, 0.25) is 0 Å². The van der Waals surface area contributed by atoms with Gasteiger partial charge in [-0.3, -0.25) is 4.99 Å². The Morgan fingerprint density at radius 1 is 1.62 bits per heavy atom. The summed E-state index contributed by atoms with van der Waals surface area (Å²) in [6.45, 7) is 4.19. The highest BCUT2D eigenvalue weighted by Gasteiger charge is 1.90. The molecule has 0 N–H and O–H groups in total. The molecular weight excluding hydrogens is 166 g/mol. The molecule has 0 aromatic heterocycles. The molecule has 8 heavy (non-hydrogen) atoms. The third-order valence-electron chi connectivity index (χ3n) is 0.787. The quantitative estimate of drug-likeness (QED) is 0.358. The fourth-order valence-corrected chi connectivity index (χ4v) is 0.492. The molecule has 0 heterocycles. The zero-order valence-electron chi connectivity index (χ0n) is 5.39. The van der Waals surface area contributed by atoms with Gasteiger partial charge in [0, 0.05) is 0 Å². The molecule has 0 aliphatic heterocycles. The van der Waals surface area contributed by atoms with Crippen LogP contribution in [-0.4, -0.2) is 11.2 Å². The number of nitrogens with zero attached hydrogens (tertiary/aromatic N) is 1. The first kappa shape index (κ1) is 8.15. The molecule has 0 saturated heterocycles. The van der Waals surface area contributed by atoms with E-state index in [2.05, 4.69) is 34.8 Å². The summed E-state index contributed by atoms with van der Waals surface area (Å²) in [6, 6.07) is 0. The lowest BCUT2D eigenvalue weighted by atomic mass is 10.5. The van der Waals surface area contributed by atoms with Crippen LogP contribution in [0.3, 0.4) is 0 Å². The monoisotopic (exact) mass is 177 g/mol. The highest BCUT2D eigenvalue weighted by atomic mass is 79.9. The van der Waals surface area contributed by atoms with Crippen molar-refractivity contribution in [2.75, 3.05) is 0 Å². The third kappa shape index (κ3) is 4.31. The SMILES string of the molecule is CCC=NC(Br)CC. The van der Waals surface area contributed by atoms with Crippen LogP contribution < -0.4 is 0 Å². The van der Waals surface area contributed by atoms with Crippen molar-refractivity contribution in [1.29, 1.82) is 0 Å². The molecule has 1 nitrogen and oxygen atoms in total. The van der Waals surface area contributed by atoms with Crippen LogP contribution in [0, 0.1) is 0 Å². The first-order valence-electron chi connectivity index (χ1n) is 2.97. The van der Waals surface area contributed by atoms with Gasteiger partial charge in [-0.25, -0.2) is 0 Å². The largest absolute Gasteiger partial charge is 0.283 e. The van der Waals surface area contributed by atoms with E-state index in [4.69, 9.17) is 0 Å². The first-order chi connectivity index (χ1) is 3.81. The summed E-state index contributed by atoms with van der Waals surface area (Å²) < 4.78 is 0. The van der Waals surface area contributed by atoms with E-state index in [0.717, 1.165) is 12.8 Å². The first-order valence-corrected chi connectivity index (χ1v) is 3.88. The summed E-state index contributed by atoms with van der Waals surface area (Å²) >= 11 is 3.38. The Kier molecular flexibility index (Phi) is 5.39. The molecule has 0 amide bonds. The van der Waals surface area contributed by atoms with E-state index < -0.39 is 0 Å². The van der Waals surface area contributed by atoms with Crippen molar-refractivity contribution in [3.8, 4) is 0 Å². The Morgan fingerprint density at radius 3 is 2.62 bits per heavy atom. The van der Waals surface area contributed by atoms with Crippen LogP contribution in [0.15, 0.2) is 4.99 Å². The molecule has 0 aromatic carbocycles. The Hall–Kier alpha value is 0.150. The lowest BCUT2D eigenvalue weighted by Gasteiger charge is -1.94. The summed E-state index contributed by atoms with van der Waals surface area (Å²) in [4.78, 5) is 4.49. The van der Waals surface area contributed by atoms with E-state index in [1.54, 1.807) is 0 Å². The second-order valence-corrected chi connectivity index (χ2v) is 2.64. The van der Waals surface area contributed by atoms with Crippen molar-refractivity contribution < 1.29 is 0 Å². The van der Waals surface area contributed by atoms with E-state index >= 15 is 0 Å². The van der Waals surface area contributed by atoms with Gasteiger partial charge < -0.3 is 0 Å². The van der Waals surface area contributed by atoms with Gasteiger partial charge in [-0.15, -0.1) is 0 Å². The summed E-state index contributed by atoms with van der Waals surface area (Å²) in [5.74, 6) is 0. The Labute approximate surface area is 59.3 Å². The normalized spacial score (nSPS) is 14.9. The minimum absolute atomic E-state index is 0.336. The summed E-state index contributed by atoms with van der Waals surface area (Å²) in [7, 11) is 0. The van der Waals surface area contributed by atoms with Crippen molar-refractivity contribution in [3.63, 3.8) is 0 Å². The second kappa shape index (κ2) is 5.29. The Balaban J connectivity index is 3.21. The zero-order chi connectivity index (χ0) is 6.41. The Bertz CT molecular complexity index is 70.9. The van der Waals surface area contributed by atoms with Crippen LogP contribution in [0.25, 0.3) is 0 Å². The standard InChI is InChI=1S/C6H12BrN/c1-3-5-8-6(7)4-2/h5-6H,3-4H2,1-2H3. The maximum atomic E-state index is 4.15. The van der Waals surface area contributed by atoms with Gasteiger partial charge in [0.25, 0.3) is 0 Å². The molecule has 0 rings (SSSR count). The number of alkyl halides is 1. The maximum absolute atomic E-state index is 4.15. The molecule has 0 radical (unpaired) electrons. The molecule has 0 aliphatic rings. The molecule has 0 aliphatic carbocycles. The maximum Gasteiger partial charge on any atom is 0.104 e.